The summed E-state index contributed by atoms with van der Waals surface area (Å²) >= 11 is 0. The van der Waals surface area contributed by atoms with Crippen molar-refractivity contribution >= 4 is 0 Å². The average Bonchev–Trinajstić information content (AvgIpc) is 3.02. The van der Waals surface area contributed by atoms with Crippen LogP contribution in [-0.4, -0.2) is 45.9 Å². The van der Waals surface area contributed by atoms with E-state index >= 15 is 0 Å². The van der Waals surface area contributed by atoms with Crippen molar-refractivity contribution in [2.45, 2.75) is 68.1 Å². The van der Waals surface area contributed by atoms with Crippen LogP contribution in [0.25, 0.3) is 0 Å². The van der Waals surface area contributed by atoms with Gasteiger partial charge in [0.1, 0.15) is 11.7 Å². The summed E-state index contributed by atoms with van der Waals surface area (Å²) < 4.78 is 6.28. The van der Waals surface area contributed by atoms with Crippen molar-refractivity contribution in [3.05, 3.63) is 23.3 Å². The number of hydrogen-bond donors (Lipinski definition) is 2. The number of phenols is 1. The molecule has 0 radical (unpaired) electrons. The SMILES string of the molecule is Oc1ccc2c3c1OC1CCC45CN(CC6CCC6)C(C2)C4(O)C31C5. The minimum atomic E-state index is -0.654. The molecule has 0 amide bonds. The Labute approximate surface area is 147 Å². The topological polar surface area (TPSA) is 52.9 Å². The number of phenolic OH excluding ortho intramolecular Hbond substituents is 1. The van der Waals surface area contributed by atoms with E-state index in [2.05, 4.69) is 11.0 Å². The third-order valence-electron chi connectivity index (χ3n) is 9.03. The van der Waals surface area contributed by atoms with Gasteiger partial charge in [0.25, 0.3) is 0 Å². The number of aromatic hydroxyl groups is 1. The predicted molar refractivity (Wildman–Crippen MR) is 91.8 cm³/mol. The lowest BCUT2D eigenvalue weighted by atomic mass is 9.32. The molecule has 2 bridgehead atoms. The molecule has 4 saturated carbocycles. The number of rotatable bonds is 2. The molecule has 7 aliphatic rings. The molecule has 5 atom stereocenters. The molecule has 0 aromatic heterocycles. The molecular weight excluding hydrogens is 314 g/mol. The molecule has 5 aliphatic carbocycles. The second kappa shape index (κ2) is 3.86. The summed E-state index contributed by atoms with van der Waals surface area (Å²) in [5.74, 6) is 1.77. The van der Waals surface area contributed by atoms with Crippen molar-refractivity contribution in [2.75, 3.05) is 13.1 Å². The van der Waals surface area contributed by atoms with E-state index in [0.717, 1.165) is 50.3 Å². The summed E-state index contributed by atoms with van der Waals surface area (Å²) in [5.41, 5.74) is 1.62. The largest absolute Gasteiger partial charge is 0.504 e. The quantitative estimate of drug-likeness (QED) is 0.868. The number of aliphatic hydroxyl groups is 1. The minimum absolute atomic E-state index is 0.0490. The van der Waals surface area contributed by atoms with Crippen molar-refractivity contribution in [1.82, 2.24) is 4.90 Å². The van der Waals surface area contributed by atoms with Crippen LogP contribution in [0.15, 0.2) is 12.1 Å². The Morgan fingerprint density at radius 1 is 1.24 bits per heavy atom. The number of likely N-dealkylation sites (tertiary alicyclic amines) is 1. The van der Waals surface area contributed by atoms with Crippen molar-refractivity contribution in [1.29, 1.82) is 0 Å². The molecule has 2 spiro atoms. The molecular formula is C21H25NO3. The zero-order chi connectivity index (χ0) is 16.6. The standard InChI is InChI=1S/C21H25NO3/c23-14-5-4-13-8-15-21(24)19(11-22(15)9-12-2-1-3-12)7-6-16-20(21,10-19)17(13)18(14)25-16/h4-5,12,15-16,23-24H,1-3,6-11H2. The first-order chi connectivity index (χ1) is 12.1. The molecule has 8 rings (SSSR count). The van der Waals surface area contributed by atoms with E-state index in [1.54, 1.807) is 6.07 Å². The van der Waals surface area contributed by atoms with E-state index in [4.69, 9.17) is 4.74 Å². The summed E-state index contributed by atoms with van der Waals surface area (Å²) in [6.07, 6.45) is 8.18. The zero-order valence-electron chi connectivity index (χ0n) is 14.5. The number of hydrogen-bond acceptors (Lipinski definition) is 4. The highest BCUT2D eigenvalue weighted by Crippen LogP contribution is 2.80. The first kappa shape index (κ1) is 13.9. The Morgan fingerprint density at radius 2 is 2.12 bits per heavy atom. The molecule has 5 fully saturated rings. The Morgan fingerprint density at radius 3 is 2.92 bits per heavy atom. The third kappa shape index (κ3) is 1.19. The lowest BCUT2D eigenvalue weighted by molar-refractivity contribution is -0.272. The monoisotopic (exact) mass is 339 g/mol. The molecule has 4 heteroatoms. The van der Waals surface area contributed by atoms with Crippen molar-refractivity contribution in [2.24, 2.45) is 11.3 Å². The number of nitrogens with zero attached hydrogens (tertiary/aromatic N) is 1. The van der Waals surface area contributed by atoms with E-state index in [-0.39, 0.29) is 28.7 Å². The molecule has 2 aliphatic heterocycles. The fourth-order valence-electron chi connectivity index (χ4n) is 7.95. The van der Waals surface area contributed by atoms with E-state index in [1.807, 2.05) is 0 Å². The first-order valence-electron chi connectivity index (χ1n) is 10.1. The Hall–Kier alpha value is -1.26. The highest BCUT2D eigenvalue weighted by atomic mass is 16.5. The molecule has 1 aromatic carbocycles. The Balaban J connectivity index is 1.43. The molecule has 4 nitrogen and oxygen atoms in total. The van der Waals surface area contributed by atoms with Gasteiger partial charge in [-0.05, 0) is 56.1 Å². The average molecular weight is 339 g/mol. The molecule has 1 aromatic rings. The predicted octanol–water partition coefficient (Wildman–Crippen LogP) is 2.35. The van der Waals surface area contributed by atoms with Crippen molar-refractivity contribution in [3.63, 3.8) is 0 Å². The second-order valence-electron chi connectivity index (χ2n) is 9.73. The zero-order valence-corrected chi connectivity index (χ0v) is 14.5. The van der Waals surface area contributed by atoms with Crippen LogP contribution in [0.3, 0.4) is 0 Å². The highest BCUT2D eigenvalue weighted by molar-refractivity contribution is 5.65. The number of ether oxygens (including phenoxy) is 1. The molecule has 1 saturated heterocycles. The normalized spacial score (nSPS) is 48.5. The summed E-state index contributed by atoms with van der Waals surface area (Å²) in [7, 11) is 0. The van der Waals surface area contributed by atoms with Crippen LogP contribution >= 0.6 is 0 Å². The first-order valence-corrected chi connectivity index (χ1v) is 10.1. The van der Waals surface area contributed by atoms with Crippen molar-refractivity contribution in [3.8, 4) is 11.5 Å². The van der Waals surface area contributed by atoms with Gasteiger partial charge >= 0.3 is 0 Å². The van der Waals surface area contributed by atoms with Crippen molar-refractivity contribution < 1.29 is 14.9 Å². The Bertz CT molecular complexity index is 820. The van der Waals surface area contributed by atoms with Crippen LogP contribution in [0.2, 0.25) is 0 Å². The van der Waals surface area contributed by atoms with Gasteiger partial charge in [0.05, 0.1) is 5.41 Å². The lowest BCUT2D eigenvalue weighted by Crippen LogP contribution is -2.82. The molecule has 2 heterocycles. The van der Waals surface area contributed by atoms with Crippen LogP contribution in [-0.2, 0) is 11.8 Å². The maximum absolute atomic E-state index is 12.2. The maximum Gasteiger partial charge on any atom is 0.165 e. The number of benzene rings is 1. The molecule has 132 valence electrons. The van der Waals surface area contributed by atoms with E-state index in [1.165, 1.54) is 24.8 Å². The second-order valence-corrected chi connectivity index (χ2v) is 9.73. The van der Waals surface area contributed by atoms with Crippen LogP contribution in [0.5, 0.6) is 11.5 Å². The van der Waals surface area contributed by atoms with Gasteiger partial charge in [0.15, 0.2) is 11.5 Å². The van der Waals surface area contributed by atoms with Gasteiger partial charge in [-0.25, -0.2) is 0 Å². The summed E-state index contributed by atoms with van der Waals surface area (Å²) in [6.45, 7) is 2.23. The van der Waals surface area contributed by atoms with Gasteiger partial charge in [0, 0.05) is 30.1 Å². The van der Waals surface area contributed by atoms with Gasteiger partial charge in [-0.1, -0.05) is 12.5 Å². The molecule has 2 N–H and O–H groups in total. The molecule has 5 unspecified atom stereocenters. The van der Waals surface area contributed by atoms with Crippen LogP contribution < -0.4 is 4.74 Å². The van der Waals surface area contributed by atoms with Crippen LogP contribution in [0, 0.1) is 11.3 Å². The fraction of sp³-hybridized carbons (Fsp3) is 0.714. The highest BCUT2D eigenvalue weighted by Gasteiger charge is 2.87. The van der Waals surface area contributed by atoms with E-state index in [0.29, 0.717) is 5.75 Å². The summed E-state index contributed by atoms with van der Waals surface area (Å²) in [6, 6.07) is 4.11. The van der Waals surface area contributed by atoms with Gasteiger partial charge in [-0.2, -0.15) is 0 Å². The van der Waals surface area contributed by atoms with E-state index in [9.17, 15) is 10.2 Å². The third-order valence-corrected chi connectivity index (χ3v) is 9.03. The van der Waals surface area contributed by atoms with Gasteiger partial charge < -0.3 is 14.9 Å². The minimum Gasteiger partial charge on any atom is -0.504 e. The van der Waals surface area contributed by atoms with E-state index < -0.39 is 5.60 Å². The summed E-state index contributed by atoms with van der Waals surface area (Å²) in [5, 5.41) is 22.6. The fourth-order valence-corrected chi connectivity index (χ4v) is 7.95. The van der Waals surface area contributed by atoms with Gasteiger partial charge in [-0.15, -0.1) is 0 Å². The van der Waals surface area contributed by atoms with Gasteiger partial charge in [0.2, 0.25) is 0 Å². The molecule has 25 heavy (non-hydrogen) atoms. The van der Waals surface area contributed by atoms with Crippen LogP contribution in [0.4, 0.5) is 0 Å². The lowest BCUT2D eigenvalue weighted by Gasteiger charge is -2.72. The summed E-state index contributed by atoms with van der Waals surface area (Å²) in [4.78, 5) is 2.65. The smallest absolute Gasteiger partial charge is 0.165 e. The Kier molecular flexibility index (Phi) is 2.15. The van der Waals surface area contributed by atoms with Gasteiger partial charge in [-0.3, -0.25) is 4.90 Å². The maximum atomic E-state index is 12.2. The number of fused-ring (bicyclic) bond motifs is 1. The van der Waals surface area contributed by atoms with Crippen LogP contribution in [0.1, 0.15) is 49.7 Å².